The van der Waals surface area contributed by atoms with Gasteiger partial charge in [0, 0.05) is 12.1 Å². The zero-order chi connectivity index (χ0) is 18.7. The number of hydrogen-bond donors (Lipinski definition) is 5. The van der Waals surface area contributed by atoms with Crippen LogP contribution in [0.4, 0.5) is 0 Å². The molecule has 0 bridgehead atoms. The number of hydrogen-bond acceptors (Lipinski definition) is 5. The Hall–Kier alpha value is -1.96. The van der Waals surface area contributed by atoms with Gasteiger partial charge in [-0.3, -0.25) is 14.8 Å². The van der Waals surface area contributed by atoms with E-state index < -0.39 is 24.0 Å². The maximum atomic E-state index is 12.2. The number of carbonyl (C=O) groups is 2. The van der Waals surface area contributed by atoms with Crippen LogP contribution < -0.4 is 16.1 Å². The minimum absolute atomic E-state index is 0. The molecule has 0 aromatic heterocycles. The van der Waals surface area contributed by atoms with Gasteiger partial charge >= 0.3 is 0 Å². The number of aliphatic hydroxyl groups is 1. The van der Waals surface area contributed by atoms with Gasteiger partial charge in [-0.25, -0.2) is 5.48 Å². The number of nitrogens with one attached hydrogen (secondary N) is 3. The Labute approximate surface area is 156 Å². The maximum Gasteiger partial charge on any atom is 0.268 e. The molecule has 1 aromatic carbocycles. The van der Waals surface area contributed by atoms with Crippen molar-refractivity contribution in [2.24, 2.45) is 0 Å². The molecule has 0 aliphatic carbocycles. The Morgan fingerprint density at radius 1 is 1.12 bits per heavy atom. The van der Waals surface area contributed by atoms with Gasteiger partial charge in [0.25, 0.3) is 11.8 Å². The first-order valence-electron chi connectivity index (χ1n) is 8.72. The van der Waals surface area contributed by atoms with Crippen molar-refractivity contribution in [2.45, 2.75) is 65.6 Å². The van der Waals surface area contributed by atoms with Crippen molar-refractivity contribution in [1.82, 2.24) is 16.1 Å². The van der Waals surface area contributed by atoms with Gasteiger partial charge in [-0.1, -0.05) is 45.7 Å². The van der Waals surface area contributed by atoms with E-state index in [2.05, 4.69) is 17.6 Å². The van der Waals surface area contributed by atoms with E-state index in [1.165, 1.54) is 31.7 Å². The summed E-state index contributed by atoms with van der Waals surface area (Å²) < 4.78 is 0. The maximum absolute atomic E-state index is 12.2. The van der Waals surface area contributed by atoms with E-state index in [1.807, 2.05) is 12.1 Å². The predicted molar refractivity (Wildman–Crippen MR) is 102 cm³/mol. The van der Waals surface area contributed by atoms with Gasteiger partial charge < -0.3 is 15.7 Å². The Kier molecular flexibility index (Phi) is 12.3. The molecule has 7 nitrogen and oxygen atoms in total. The molecule has 2 amide bonds. The number of unbranched alkanes of at least 4 members (excludes halogenated alkanes) is 3. The molecule has 26 heavy (non-hydrogen) atoms. The van der Waals surface area contributed by atoms with Gasteiger partial charge in [0.05, 0.1) is 6.10 Å². The van der Waals surface area contributed by atoms with Crippen LogP contribution in [0.5, 0.6) is 0 Å². The van der Waals surface area contributed by atoms with Crippen LogP contribution >= 0.6 is 0 Å². The average molecular weight is 367 g/mol. The lowest BCUT2D eigenvalue weighted by atomic mass is 10.1. The van der Waals surface area contributed by atoms with E-state index >= 15 is 0 Å². The highest BCUT2D eigenvalue weighted by atomic mass is 16.5. The molecule has 0 saturated carbocycles. The summed E-state index contributed by atoms with van der Waals surface area (Å²) in [4.78, 5) is 23.6. The smallest absolute Gasteiger partial charge is 0.268 e. The van der Waals surface area contributed by atoms with Crippen molar-refractivity contribution in [3.8, 4) is 0 Å². The van der Waals surface area contributed by atoms with Crippen molar-refractivity contribution in [3.63, 3.8) is 0 Å². The van der Waals surface area contributed by atoms with E-state index in [-0.39, 0.29) is 7.43 Å². The Bertz CT molecular complexity index is 532. The number of benzene rings is 1. The second-order valence-electron chi connectivity index (χ2n) is 6.10. The minimum Gasteiger partial charge on any atom is -0.391 e. The number of carbonyl (C=O) groups excluding carboxylic acids is 2. The summed E-state index contributed by atoms with van der Waals surface area (Å²) in [6, 6.07) is 5.80. The van der Waals surface area contributed by atoms with Gasteiger partial charge in [-0.15, -0.1) is 0 Å². The third-order valence-electron chi connectivity index (χ3n) is 3.91. The molecule has 0 aliphatic heterocycles. The molecule has 148 valence electrons. The minimum atomic E-state index is -1.22. The van der Waals surface area contributed by atoms with Crippen molar-refractivity contribution in [3.05, 3.63) is 35.4 Å². The Balaban J connectivity index is 0.00000625. The number of aliphatic hydroxyl groups excluding tert-OH is 1. The fraction of sp³-hybridized carbons (Fsp3) is 0.579. The highest BCUT2D eigenvalue weighted by molar-refractivity contribution is 5.97. The van der Waals surface area contributed by atoms with Crippen LogP contribution in [-0.4, -0.2) is 40.8 Å². The highest BCUT2D eigenvalue weighted by Crippen LogP contribution is 2.06. The van der Waals surface area contributed by atoms with Crippen molar-refractivity contribution in [1.29, 1.82) is 0 Å². The van der Waals surface area contributed by atoms with Gasteiger partial charge in [-0.05, 0) is 37.6 Å². The highest BCUT2D eigenvalue weighted by Gasteiger charge is 2.25. The molecule has 0 heterocycles. The third kappa shape index (κ3) is 8.42. The molecule has 1 aromatic rings. The van der Waals surface area contributed by atoms with Crippen molar-refractivity contribution in [2.75, 3.05) is 6.54 Å². The van der Waals surface area contributed by atoms with Gasteiger partial charge in [0.2, 0.25) is 0 Å². The normalized spacial score (nSPS) is 12.6. The molecule has 0 spiro atoms. The quantitative estimate of drug-likeness (QED) is 0.233. The Morgan fingerprint density at radius 3 is 2.31 bits per heavy atom. The summed E-state index contributed by atoms with van der Waals surface area (Å²) in [5.74, 6) is -1.36. The fourth-order valence-corrected chi connectivity index (χ4v) is 2.38. The number of rotatable bonds is 11. The van der Waals surface area contributed by atoms with Crippen LogP contribution in [0, 0.1) is 0 Å². The van der Waals surface area contributed by atoms with Crippen LogP contribution in [0.15, 0.2) is 24.3 Å². The average Bonchev–Trinajstić information content (AvgIpc) is 2.62. The van der Waals surface area contributed by atoms with E-state index in [1.54, 1.807) is 12.1 Å². The Morgan fingerprint density at radius 2 is 1.77 bits per heavy atom. The molecule has 0 unspecified atom stereocenters. The second-order valence-corrected chi connectivity index (χ2v) is 6.10. The second kappa shape index (κ2) is 13.3. The van der Waals surface area contributed by atoms with Crippen LogP contribution in [0.25, 0.3) is 0 Å². The summed E-state index contributed by atoms with van der Waals surface area (Å²) in [6.07, 6.45) is 3.73. The first-order chi connectivity index (χ1) is 12.0. The SMILES string of the molecule is C.CCCCCCNCc1ccc(C(=O)N[C@H](C(=O)NO)[C@@H](C)O)cc1. The summed E-state index contributed by atoms with van der Waals surface area (Å²) in [6.45, 7) is 5.24. The summed E-state index contributed by atoms with van der Waals surface area (Å²) in [5, 5.41) is 24.0. The molecule has 0 fully saturated rings. The van der Waals surface area contributed by atoms with Gasteiger partial charge in [-0.2, -0.15) is 0 Å². The molecule has 7 heteroatoms. The zero-order valence-corrected chi connectivity index (χ0v) is 14.9. The van der Waals surface area contributed by atoms with Crippen molar-refractivity contribution < 1.29 is 19.9 Å². The van der Waals surface area contributed by atoms with E-state index in [0.29, 0.717) is 5.56 Å². The lowest BCUT2D eigenvalue weighted by molar-refractivity contribution is -0.133. The van der Waals surface area contributed by atoms with Crippen LogP contribution in [0.2, 0.25) is 0 Å². The van der Waals surface area contributed by atoms with E-state index in [4.69, 9.17) is 5.21 Å². The first-order valence-corrected chi connectivity index (χ1v) is 8.72. The molecule has 2 atom stereocenters. The number of hydroxylamine groups is 1. The molecule has 0 aliphatic rings. The molecular formula is C19H33N3O4. The zero-order valence-electron chi connectivity index (χ0n) is 14.9. The molecule has 1 rings (SSSR count). The molecule has 5 N–H and O–H groups in total. The largest absolute Gasteiger partial charge is 0.391 e. The van der Waals surface area contributed by atoms with Crippen LogP contribution in [0.3, 0.4) is 0 Å². The number of amides is 2. The predicted octanol–water partition coefficient (Wildman–Crippen LogP) is 1.98. The van der Waals surface area contributed by atoms with Crippen LogP contribution in [-0.2, 0) is 11.3 Å². The third-order valence-corrected chi connectivity index (χ3v) is 3.91. The topological polar surface area (TPSA) is 111 Å². The lowest BCUT2D eigenvalue weighted by Crippen LogP contribution is -2.51. The lowest BCUT2D eigenvalue weighted by Gasteiger charge is -2.19. The van der Waals surface area contributed by atoms with E-state index in [0.717, 1.165) is 25.1 Å². The van der Waals surface area contributed by atoms with Gasteiger partial charge in [0.1, 0.15) is 6.04 Å². The summed E-state index contributed by atoms with van der Waals surface area (Å²) in [5.41, 5.74) is 2.87. The monoisotopic (exact) mass is 367 g/mol. The summed E-state index contributed by atoms with van der Waals surface area (Å²) in [7, 11) is 0. The summed E-state index contributed by atoms with van der Waals surface area (Å²) >= 11 is 0. The molecule has 0 saturated heterocycles. The van der Waals surface area contributed by atoms with Crippen molar-refractivity contribution >= 4 is 11.8 Å². The fourth-order valence-electron chi connectivity index (χ4n) is 2.38. The van der Waals surface area contributed by atoms with E-state index in [9.17, 15) is 14.7 Å². The standard InChI is InChI=1S/C18H29N3O4.CH4/c1-3-4-5-6-11-19-12-14-7-9-15(10-8-14)17(23)20-16(13(2)22)18(24)21-25;/h7-10,13,16,19,22,25H,3-6,11-12H2,1-2H3,(H,20,23)(H,21,24);1H4/t13-,16+;/m1./s1. The van der Waals surface area contributed by atoms with Gasteiger partial charge in [0.15, 0.2) is 0 Å². The van der Waals surface area contributed by atoms with Crippen LogP contribution in [0.1, 0.15) is 62.9 Å². The molecular weight excluding hydrogens is 334 g/mol. The molecule has 0 radical (unpaired) electrons. The first kappa shape index (κ1) is 24.0.